The number of imidazole rings is 1. The first-order valence-corrected chi connectivity index (χ1v) is 19.9. The Morgan fingerprint density at radius 1 is 0.472 bits per heavy atom. The molecule has 0 saturated carbocycles. The molecule has 10 heteroatoms. The van der Waals surface area contributed by atoms with Crippen molar-refractivity contribution >= 4 is 34.1 Å². The molecule has 0 fully saturated rings. The van der Waals surface area contributed by atoms with Gasteiger partial charge in [-0.1, -0.05) is 0 Å². The molecule has 0 spiro atoms. The van der Waals surface area contributed by atoms with Crippen molar-refractivity contribution < 1.29 is 13.7 Å². The second-order valence-electron chi connectivity index (χ2n) is 15.2. The highest BCUT2D eigenvalue weighted by molar-refractivity contribution is 5.68. The van der Waals surface area contributed by atoms with E-state index in [9.17, 15) is 0 Å². The van der Waals surface area contributed by atoms with Crippen LogP contribution in [0.25, 0.3) is 0 Å². The van der Waals surface area contributed by atoms with E-state index in [1.54, 1.807) is 0 Å². The van der Waals surface area contributed by atoms with Crippen LogP contribution in [0.3, 0.4) is 0 Å². The van der Waals surface area contributed by atoms with E-state index in [2.05, 4.69) is 141 Å². The largest absolute Gasteiger partial charge is 0.371 e. The molecule has 0 saturated heterocycles. The van der Waals surface area contributed by atoms with Gasteiger partial charge in [-0.3, -0.25) is 0 Å². The highest BCUT2D eigenvalue weighted by Gasteiger charge is 2.25. The van der Waals surface area contributed by atoms with E-state index in [0.29, 0.717) is 0 Å². The first kappa shape index (κ1) is 33.6. The smallest absolute Gasteiger partial charge is 0.243 e. The first-order chi connectivity index (χ1) is 26.2. The van der Waals surface area contributed by atoms with Crippen LogP contribution in [0.2, 0.25) is 0 Å². The fourth-order valence-electron chi connectivity index (χ4n) is 8.82. The molecular weight excluding hydrogens is 657 g/mol. The summed E-state index contributed by atoms with van der Waals surface area (Å²) in [4.78, 5) is 5.13. The summed E-state index contributed by atoms with van der Waals surface area (Å²) in [7, 11) is 0. The van der Waals surface area contributed by atoms with E-state index in [-0.39, 0.29) is 0 Å². The van der Waals surface area contributed by atoms with Gasteiger partial charge in [-0.2, -0.15) is 20.5 Å². The lowest BCUT2D eigenvalue weighted by atomic mass is 9.91. The van der Waals surface area contributed by atoms with Crippen molar-refractivity contribution in [3.05, 3.63) is 114 Å². The number of hydrogen-bond acceptors (Lipinski definition) is 6. The number of aromatic nitrogens is 4. The molecule has 0 bridgehead atoms. The van der Waals surface area contributed by atoms with Crippen LogP contribution >= 0.6 is 0 Å². The molecular formula is C43H51N10+3. The van der Waals surface area contributed by atoms with Crippen LogP contribution in [0.4, 0.5) is 34.1 Å². The predicted octanol–water partition coefficient (Wildman–Crippen LogP) is 7.76. The topological polar surface area (TPSA) is 72.5 Å². The van der Waals surface area contributed by atoms with Crippen molar-refractivity contribution in [3.8, 4) is 0 Å². The standard InChI is InChI=1S/C43H51N10/c1-7-34-29-40(30-35-8-2-20-52(19-1)42(34)35)46-44-38-11-23-48(24-12-38)15-5-17-50-27-28-51(33-50)18-6-16-49-25-13-39(14-26-49)45-47-41-31-36-9-3-21-53-22-4-10-37(32-41)43(36)53/h11-14,23-33H,1-10,15-22H2/q+3. The maximum atomic E-state index is 4.63. The number of anilines is 2. The summed E-state index contributed by atoms with van der Waals surface area (Å²) in [6.45, 7) is 8.65. The van der Waals surface area contributed by atoms with Crippen molar-refractivity contribution in [3.63, 3.8) is 0 Å². The molecule has 7 heterocycles. The summed E-state index contributed by atoms with van der Waals surface area (Å²) in [6.07, 6.45) is 26.7. The lowest BCUT2D eigenvalue weighted by molar-refractivity contribution is -0.726. The average molecular weight is 708 g/mol. The van der Waals surface area contributed by atoms with Crippen LogP contribution in [-0.4, -0.2) is 30.7 Å². The van der Waals surface area contributed by atoms with Gasteiger partial charge in [-0.15, -0.1) is 0 Å². The second kappa shape index (κ2) is 15.4. The molecule has 0 aliphatic carbocycles. The molecule has 0 unspecified atom stereocenters. The first-order valence-electron chi connectivity index (χ1n) is 19.9. The zero-order valence-corrected chi connectivity index (χ0v) is 30.9. The third-order valence-corrected chi connectivity index (χ3v) is 11.4. The molecule has 0 amide bonds. The number of rotatable bonds is 12. The van der Waals surface area contributed by atoms with Gasteiger partial charge < -0.3 is 9.80 Å². The number of hydrogen-bond donors (Lipinski definition) is 0. The number of azo groups is 2. The Hall–Kier alpha value is -5.25. The highest BCUT2D eigenvalue weighted by atomic mass is 15.2. The molecule has 53 heavy (non-hydrogen) atoms. The zero-order chi connectivity index (χ0) is 35.4. The Labute approximate surface area is 312 Å². The Morgan fingerprint density at radius 3 is 1.36 bits per heavy atom. The molecule has 5 aromatic rings. The van der Waals surface area contributed by atoms with Crippen LogP contribution in [-0.2, 0) is 51.9 Å². The Morgan fingerprint density at radius 2 is 0.887 bits per heavy atom. The number of nitrogens with zero attached hydrogens (tertiary/aromatic N) is 10. The molecule has 10 nitrogen and oxygen atoms in total. The summed E-state index contributed by atoms with van der Waals surface area (Å²) in [6, 6.07) is 17.2. The summed E-state index contributed by atoms with van der Waals surface area (Å²) < 4.78 is 9.04. The fraction of sp³-hybridized carbons (Fsp3) is 0.419. The van der Waals surface area contributed by atoms with Crippen LogP contribution in [0.15, 0.2) is 112 Å². The third kappa shape index (κ3) is 7.77. The van der Waals surface area contributed by atoms with Gasteiger partial charge in [0.2, 0.25) is 6.33 Å². The van der Waals surface area contributed by atoms with Gasteiger partial charge in [-0.25, -0.2) is 18.3 Å². The van der Waals surface area contributed by atoms with E-state index >= 15 is 0 Å². The van der Waals surface area contributed by atoms with Gasteiger partial charge in [0, 0.05) is 74.7 Å². The highest BCUT2D eigenvalue weighted by Crippen LogP contribution is 2.39. The minimum Gasteiger partial charge on any atom is -0.371 e. The van der Waals surface area contributed by atoms with Crippen molar-refractivity contribution in [1.29, 1.82) is 0 Å². The molecule has 0 atom stereocenters. The Kier molecular flexibility index (Phi) is 9.75. The van der Waals surface area contributed by atoms with Crippen LogP contribution in [0.1, 0.15) is 60.8 Å². The van der Waals surface area contributed by atoms with Crippen molar-refractivity contribution in [2.75, 3.05) is 36.0 Å². The normalized spacial score (nSPS) is 16.4. The number of benzene rings is 2. The summed E-state index contributed by atoms with van der Waals surface area (Å²) in [5.41, 5.74) is 12.5. The van der Waals surface area contributed by atoms with Crippen LogP contribution < -0.4 is 23.5 Å². The molecule has 9 rings (SSSR count). The van der Waals surface area contributed by atoms with E-state index in [1.165, 1.54) is 85.5 Å². The van der Waals surface area contributed by atoms with E-state index in [1.807, 2.05) is 0 Å². The van der Waals surface area contributed by atoms with Crippen LogP contribution in [0.5, 0.6) is 0 Å². The minimum atomic E-state index is 0.891. The van der Waals surface area contributed by atoms with Gasteiger partial charge in [0.05, 0.1) is 35.8 Å². The molecule has 270 valence electrons. The zero-order valence-electron chi connectivity index (χ0n) is 30.9. The lowest BCUT2D eigenvalue weighted by Crippen LogP contribution is -2.37. The third-order valence-electron chi connectivity index (χ3n) is 11.4. The molecule has 2 aromatic carbocycles. The minimum absolute atomic E-state index is 0.891. The van der Waals surface area contributed by atoms with Gasteiger partial charge >= 0.3 is 0 Å². The Balaban J connectivity index is 0.710. The van der Waals surface area contributed by atoms with E-state index in [0.717, 1.165) is 87.5 Å². The van der Waals surface area contributed by atoms with Gasteiger partial charge in [-0.05, 0) is 97.9 Å². The Bertz CT molecular complexity index is 1900. The monoisotopic (exact) mass is 707 g/mol. The molecule has 4 aliphatic rings. The van der Waals surface area contributed by atoms with Gasteiger partial charge in [0.1, 0.15) is 12.4 Å². The summed E-state index contributed by atoms with van der Waals surface area (Å²) in [5.74, 6) is 0. The summed E-state index contributed by atoms with van der Waals surface area (Å²) in [5, 5.41) is 18.4. The maximum absolute atomic E-state index is 4.63. The second-order valence-corrected chi connectivity index (χ2v) is 15.2. The van der Waals surface area contributed by atoms with E-state index < -0.39 is 0 Å². The molecule has 0 radical (unpaired) electrons. The van der Waals surface area contributed by atoms with Crippen molar-refractivity contribution in [2.24, 2.45) is 20.5 Å². The van der Waals surface area contributed by atoms with Crippen molar-refractivity contribution in [2.45, 2.75) is 90.4 Å². The predicted molar refractivity (Wildman–Crippen MR) is 206 cm³/mol. The van der Waals surface area contributed by atoms with Gasteiger partial charge in [0.15, 0.2) is 37.9 Å². The molecule has 4 aliphatic heterocycles. The maximum Gasteiger partial charge on any atom is 0.243 e. The quantitative estimate of drug-likeness (QED) is 0.0983. The van der Waals surface area contributed by atoms with E-state index in [4.69, 9.17) is 0 Å². The SMILES string of the molecule is c1c[n+](CCCn2cc[n+](CCC[n+]3ccc(/N=N\c4cc5c6c(c4)CCCN6CCC5)cc3)c2)ccc1/N=N\c1cc2c3c(c1)CCCN3CCC2. The van der Waals surface area contributed by atoms with Gasteiger partial charge in [0.25, 0.3) is 0 Å². The molecule has 3 aromatic heterocycles. The summed E-state index contributed by atoms with van der Waals surface area (Å²) >= 11 is 0. The van der Waals surface area contributed by atoms with Crippen molar-refractivity contribution in [1.82, 2.24) is 4.57 Å². The fourth-order valence-corrected chi connectivity index (χ4v) is 8.82. The lowest BCUT2D eigenvalue weighted by Gasteiger charge is -2.36. The average Bonchev–Trinajstić information content (AvgIpc) is 3.65. The molecule has 0 N–H and O–H groups in total. The number of aryl methyl sites for hydroxylation is 8. The van der Waals surface area contributed by atoms with Crippen LogP contribution in [0, 0.1) is 0 Å². The number of pyridine rings is 2.